The summed E-state index contributed by atoms with van der Waals surface area (Å²) >= 11 is 0. The van der Waals surface area contributed by atoms with Crippen LogP contribution in [0.4, 0.5) is 0 Å². The van der Waals surface area contributed by atoms with Crippen LogP contribution in [0.3, 0.4) is 0 Å². The summed E-state index contributed by atoms with van der Waals surface area (Å²) in [5, 5.41) is 0. The first kappa shape index (κ1) is 8.60. The van der Waals surface area contributed by atoms with Crippen LogP contribution in [-0.4, -0.2) is 19.2 Å². The van der Waals surface area contributed by atoms with Gasteiger partial charge in [0.05, 0.1) is 18.8 Å². The molecule has 13 heavy (non-hydrogen) atoms. The van der Waals surface area contributed by atoms with Crippen molar-refractivity contribution in [3.05, 3.63) is 11.3 Å². The van der Waals surface area contributed by atoms with Crippen molar-refractivity contribution in [3.8, 4) is 0 Å². The third kappa shape index (κ3) is 1.43. The third-order valence-electron chi connectivity index (χ3n) is 2.55. The van der Waals surface area contributed by atoms with E-state index in [1.807, 2.05) is 6.92 Å². The molecule has 2 aliphatic rings. The summed E-state index contributed by atoms with van der Waals surface area (Å²) in [6, 6.07) is 0. The van der Waals surface area contributed by atoms with Crippen molar-refractivity contribution in [3.63, 3.8) is 0 Å². The number of carbonyl (C=O) groups excluding carboxylic acids is 1. The van der Waals surface area contributed by atoms with E-state index in [4.69, 9.17) is 9.47 Å². The summed E-state index contributed by atoms with van der Waals surface area (Å²) in [6.45, 7) is 5.37. The van der Waals surface area contributed by atoms with Crippen molar-refractivity contribution in [2.75, 3.05) is 13.2 Å². The van der Waals surface area contributed by atoms with Crippen LogP contribution in [-0.2, 0) is 14.3 Å². The van der Waals surface area contributed by atoms with Crippen LogP contribution in [0.15, 0.2) is 11.3 Å². The van der Waals surface area contributed by atoms with Gasteiger partial charge in [-0.1, -0.05) is 13.8 Å². The molecule has 0 bridgehead atoms. The van der Waals surface area contributed by atoms with Gasteiger partial charge in [0.25, 0.3) is 0 Å². The van der Waals surface area contributed by atoms with Crippen LogP contribution in [0.2, 0.25) is 0 Å². The van der Waals surface area contributed by atoms with Crippen molar-refractivity contribution in [1.82, 2.24) is 0 Å². The molecule has 72 valence electrons. The number of rotatable bonds is 0. The largest absolute Gasteiger partial charge is 0.497 e. The highest BCUT2D eigenvalue weighted by Crippen LogP contribution is 2.32. The van der Waals surface area contributed by atoms with E-state index in [1.165, 1.54) is 0 Å². The van der Waals surface area contributed by atoms with Gasteiger partial charge in [0.1, 0.15) is 5.76 Å². The minimum atomic E-state index is -0.184. The van der Waals surface area contributed by atoms with E-state index in [2.05, 4.69) is 6.92 Å². The summed E-state index contributed by atoms with van der Waals surface area (Å²) in [4.78, 5) is 11.3. The van der Waals surface area contributed by atoms with Crippen LogP contribution in [0.25, 0.3) is 0 Å². The van der Waals surface area contributed by atoms with Gasteiger partial charge in [0.2, 0.25) is 0 Å². The highest BCUT2D eigenvalue weighted by molar-refractivity contribution is 5.91. The molecule has 0 aromatic heterocycles. The van der Waals surface area contributed by atoms with E-state index in [1.54, 1.807) is 0 Å². The first-order valence-corrected chi connectivity index (χ1v) is 4.71. The summed E-state index contributed by atoms with van der Waals surface area (Å²) < 4.78 is 10.4. The highest BCUT2D eigenvalue weighted by atomic mass is 16.5. The van der Waals surface area contributed by atoms with E-state index in [9.17, 15) is 4.79 Å². The topological polar surface area (TPSA) is 35.5 Å². The van der Waals surface area contributed by atoms with E-state index in [0.717, 1.165) is 24.4 Å². The Balaban J connectivity index is 2.26. The Morgan fingerprint density at radius 2 is 2.00 bits per heavy atom. The predicted molar refractivity (Wildman–Crippen MR) is 46.9 cm³/mol. The van der Waals surface area contributed by atoms with E-state index in [-0.39, 0.29) is 11.9 Å². The maximum Gasteiger partial charge on any atom is 0.337 e. The van der Waals surface area contributed by atoms with Crippen molar-refractivity contribution in [2.45, 2.75) is 20.3 Å². The second-order valence-electron chi connectivity index (χ2n) is 3.96. The monoisotopic (exact) mass is 182 g/mol. The standard InChI is InChI=1S/C10H14O3/c1-6-3-8(12-4-6)9-7(2)5-13-10(9)11/h6-7H,3-5H2,1-2H3/b9-8+/t6-,7+/m0/s1. The molecule has 2 aliphatic heterocycles. The Labute approximate surface area is 77.7 Å². The second kappa shape index (κ2) is 3.05. The van der Waals surface area contributed by atoms with Crippen LogP contribution < -0.4 is 0 Å². The van der Waals surface area contributed by atoms with Crippen LogP contribution in [0.5, 0.6) is 0 Å². The molecule has 3 heteroatoms. The van der Waals surface area contributed by atoms with Crippen LogP contribution in [0, 0.1) is 11.8 Å². The third-order valence-corrected chi connectivity index (χ3v) is 2.55. The molecular weight excluding hydrogens is 168 g/mol. The average Bonchev–Trinajstić information content (AvgIpc) is 2.60. The lowest BCUT2D eigenvalue weighted by Crippen LogP contribution is -2.03. The maximum atomic E-state index is 11.3. The van der Waals surface area contributed by atoms with Crippen molar-refractivity contribution >= 4 is 5.97 Å². The average molecular weight is 182 g/mol. The van der Waals surface area contributed by atoms with E-state index in [0.29, 0.717) is 12.5 Å². The van der Waals surface area contributed by atoms with Gasteiger partial charge in [-0.15, -0.1) is 0 Å². The van der Waals surface area contributed by atoms with Gasteiger partial charge in [-0.05, 0) is 5.92 Å². The minimum Gasteiger partial charge on any atom is -0.497 e. The highest BCUT2D eigenvalue weighted by Gasteiger charge is 2.33. The normalized spacial score (nSPS) is 39.1. The number of hydrogen-bond donors (Lipinski definition) is 0. The van der Waals surface area contributed by atoms with Gasteiger partial charge in [-0.2, -0.15) is 0 Å². The zero-order chi connectivity index (χ0) is 9.42. The molecule has 0 saturated carbocycles. The van der Waals surface area contributed by atoms with Crippen LogP contribution >= 0.6 is 0 Å². The molecule has 0 radical (unpaired) electrons. The predicted octanol–water partition coefficient (Wildman–Crippen LogP) is 1.49. The summed E-state index contributed by atoms with van der Waals surface area (Å²) in [5.74, 6) is 1.41. The Hall–Kier alpha value is -0.990. The van der Waals surface area contributed by atoms with Crippen molar-refractivity contribution < 1.29 is 14.3 Å². The summed E-state index contributed by atoms with van der Waals surface area (Å²) in [6.07, 6.45) is 0.884. The quantitative estimate of drug-likeness (QED) is 0.420. The first-order valence-electron chi connectivity index (χ1n) is 4.71. The van der Waals surface area contributed by atoms with E-state index < -0.39 is 0 Å². The lowest BCUT2D eigenvalue weighted by molar-refractivity contribution is -0.135. The molecule has 0 aliphatic carbocycles. The smallest absolute Gasteiger partial charge is 0.337 e. The number of hydrogen-bond acceptors (Lipinski definition) is 3. The molecule has 2 fully saturated rings. The Kier molecular flexibility index (Phi) is 2.02. The zero-order valence-electron chi connectivity index (χ0n) is 8.00. The zero-order valence-corrected chi connectivity index (χ0v) is 8.00. The van der Waals surface area contributed by atoms with Crippen molar-refractivity contribution in [2.24, 2.45) is 11.8 Å². The molecule has 2 rings (SSSR count). The molecule has 0 unspecified atom stereocenters. The fourth-order valence-corrected chi connectivity index (χ4v) is 1.82. The fraction of sp³-hybridized carbons (Fsp3) is 0.700. The number of cyclic esters (lactones) is 1. The number of ether oxygens (including phenoxy) is 2. The van der Waals surface area contributed by atoms with Gasteiger partial charge >= 0.3 is 5.97 Å². The number of esters is 1. The molecule has 0 N–H and O–H groups in total. The summed E-state index contributed by atoms with van der Waals surface area (Å²) in [7, 11) is 0. The Morgan fingerprint density at radius 3 is 2.46 bits per heavy atom. The summed E-state index contributed by atoms with van der Waals surface area (Å²) in [5.41, 5.74) is 0.768. The molecule has 0 spiro atoms. The molecule has 2 atom stereocenters. The van der Waals surface area contributed by atoms with E-state index >= 15 is 0 Å². The van der Waals surface area contributed by atoms with Gasteiger partial charge in [-0.25, -0.2) is 4.79 Å². The molecular formula is C10H14O3. The fourth-order valence-electron chi connectivity index (χ4n) is 1.82. The van der Waals surface area contributed by atoms with Gasteiger partial charge in [-0.3, -0.25) is 0 Å². The minimum absolute atomic E-state index is 0.184. The first-order chi connectivity index (χ1) is 6.18. The molecule has 3 nitrogen and oxygen atoms in total. The number of allylic oxidation sites excluding steroid dienone is 1. The van der Waals surface area contributed by atoms with Gasteiger partial charge in [0.15, 0.2) is 0 Å². The lowest BCUT2D eigenvalue weighted by Gasteiger charge is -2.03. The lowest BCUT2D eigenvalue weighted by atomic mass is 10.0. The second-order valence-corrected chi connectivity index (χ2v) is 3.96. The Morgan fingerprint density at radius 1 is 1.23 bits per heavy atom. The molecule has 0 aromatic carbocycles. The number of carbonyl (C=O) groups is 1. The van der Waals surface area contributed by atoms with Crippen molar-refractivity contribution in [1.29, 1.82) is 0 Å². The maximum absolute atomic E-state index is 11.3. The Bertz CT molecular complexity index is 267. The van der Waals surface area contributed by atoms with Crippen LogP contribution in [0.1, 0.15) is 20.3 Å². The molecule has 2 saturated heterocycles. The van der Waals surface area contributed by atoms with Gasteiger partial charge in [0, 0.05) is 12.3 Å². The SMILES string of the molecule is C[C@@H]1CO/C(=C2/C(=O)OC[C@H]2C)C1. The van der Waals surface area contributed by atoms with Gasteiger partial charge < -0.3 is 9.47 Å². The molecule has 0 aromatic rings. The molecule has 0 amide bonds. The molecule has 2 heterocycles.